The number of halogens is 2. The molecule has 2 bridgehead atoms. The Morgan fingerprint density at radius 2 is 1.28 bits per heavy atom. The fraction of sp³-hybridized carbons (Fsp3) is 0.318. The summed E-state index contributed by atoms with van der Waals surface area (Å²) in [6.45, 7) is 5.33. The van der Waals surface area contributed by atoms with E-state index in [1.807, 2.05) is 129 Å². The first-order chi connectivity index (χ1) is 25.9. The highest BCUT2D eigenvalue weighted by molar-refractivity contribution is 6.31. The molecule has 0 amide bonds. The van der Waals surface area contributed by atoms with Gasteiger partial charge in [-0.05, 0) is 72.4 Å². The minimum atomic E-state index is -1.48. The first-order valence-electron chi connectivity index (χ1n) is 18.1. The van der Waals surface area contributed by atoms with Crippen molar-refractivity contribution in [3.63, 3.8) is 0 Å². The van der Waals surface area contributed by atoms with Crippen molar-refractivity contribution in [2.75, 3.05) is 19.8 Å². The standard InChI is InChI=1S/C44H44ClFO7/c1-3-47-39-23-20-34(25-38(39)46)24-35-26-36(21-22-37(35)45)44-42(50-29-33-18-12-7-13-19-33)40(48-27-31-14-8-5-9-15-31)41(43(53-44,30-52-44)51-4-2)49-28-32-16-10-6-11-17-32/h5-23,25-26,40-42H,3-4,24,27-30H2,1-2H3/t40-,41-,42+,43-,44-/m0/s1. The Morgan fingerprint density at radius 1 is 0.679 bits per heavy atom. The summed E-state index contributed by atoms with van der Waals surface area (Å²) in [5.74, 6) is -3.04. The molecule has 7 rings (SSSR count). The van der Waals surface area contributed by atoms with Crippen molar-refractivity contribution in [1.82, 2.24) is 0 Å². The summed E-state index contributed by atoms with van der Waals surface area (Å²) in [6.07, 6.45) is -1.94. The Bertz CT molecular complexity index is 1930. The van der Waals surface area contributed by atoms with Crippen LogP contribution in [0.15, 0.2) is 127 Å². The van der Waals surface area contributed by atoms with Crippen LogP contribution in [0.5, 0.6) is 5.75 Å². The summed E-state index contributed by atoms with van der Waals surface area (Å²) >= 11 is 6.83. The number of rotatable bonds is 16. The van der Waals surface area contributed by atoms with E-state index in [2.05, 4.69) is 0 Å². The quantitative estimate of drug-likeness (QED) is 0.100. The number of ether oxygens (including phenoxy) is 7. The van der Waals surface area contributed by atoms with E-state index in [0.717, 1.165) is 27.8 Å². The maximum Gasteiger partial charge on any atom is 0.227 e. The van der Waals surface area contributed by atoms with Gasteiger partial charge in [-0.3, -0.25) is 0 Å². The summed E-state index contributed by atoms with van der Waals surface area (Å²) in [7, 11) is 0. The van der Waals surface area contributed by atoms with Gasteiger partial charge in [0.05, 0.1) is 26.4 Å². The van der Waals surface area contributed by atoms with Crippen molar-refractivity contribution in [1.29, 1.82) is 0 Å². The number of benzene rings is 5. The van der Waals surface area contributed by atoms with Crippen molar-refractivity contribution in [3.8, 4) is 5.75 Å². The molecule has 0 N–H and O–H groups in total. The zero-order valence-electron chi connectivity index (χ0n) is 29.9. The van der Waals surface area contributed by atoms with Crippen molar-refractivity contribution in [2.24, 2.45) is 0 Å². The maximum atomic E-state index is 14.9. The van der Waals surface area contributed by atoms with Gasteiger partial charge in [0.15, 0.2) is 11.6 Å². The first-order valence-corrected chi connectivity index (χ1v) is 18.5. The van der Waals surface area contributed by atoms with Crippen LogP contribution in [0.25, 0.3) is 0 Å². The van der Waals surface area contributed by atoms with Crippen LogP contribution in [-0.2, 0) is 60.4 Å². The minimum absolute atomic E-state index is 0.0543. The van der Waals surface area contributed by atoms with E-state index in [1.165, 1.54) is 6.07 Å². The summed E-state index contributed by atoms with van der Waals surface area (Å²) < 4.78 is 61.3. The van der Waals surface area contributed by atoms with Gasteiger partial charge in [0, 0.05) is 17.2 Å². The molecule has 0 radical (unpaired) electrons. The van der Waals surface area contributed by atoms with Gasteiger partial charge in [0.2, 0.25) is 11.6 Å². The highest BCUT2D eigenvalue weighted by Gasteiger charge is 2.70. The van der Waals surface area contributed by atoms with Crippen molar-refractivity contribution in [3.05, 3.63) is 172 Å². The Labute approximate surface area is 315 Å². The van der Waals surface area contributed by atoms with E-state index in [9.17, 15) is 4.39 Å². The Morgan fingerprint density at radius 3 is 1.87 bits per heavy atom. The molecule has 0 saturated carbocycles. The molecule has 7 nitrogen and oxygen atoms in total. The van der Waals surface area contributed by atoms with E-state index in [4.69, 9.17) is 44.8 Å². The van der Waals surface area contributed by atoms with E-state index in [-0.39, 0.29) is 32.2 Å². The first kappa shape index (κ1) is 37.2. The predicted octanol–water partition coefficient (Wildman–Crippen LogP) is 9.17. The Kier molecular flexibility index (Phi) is 11.9. The van der Waals surface area contributed by atoms with Gasteiger partial charge in [0.25, 0.3) is 0 Å². The molecule has 5 aromatic carbocycles. The van der Waals surface area contributed by atoms with E-state index < -0.39 is 35.7 Å². The number of fused-ring (bicyclic) bond motifs is 2. The monoisotopic (exact) mass is 738 g/mol. The van der Waals surface area contributed by atoms with Crippen molar-refractivity contribution in [2.45, 2.75) is 70.0 Å². The SMILES string of the molecule is CCOc1ccc(Cc2cc([C@]34OC[C@](OCC)(O3)[C@@H](OCc3ccccc3)[C@H](OCc3ccccc3)[C@H]4OCc3ccccc3)ccc2Cl)cc1F. The molecule has 2 saturated heterocycles. The normalized spacial score (nSPS) is 23.6. The predicted molar refractivity (Wildman–Crippen MR) is 200 cm³/mol. The lowest BCUT2D eigenvalue weighted by atomic mass is 9.86. The molecular weight excluding hydrogens is 695 g/mol. The molecule has 5 atom stereocenters. The van der Waals surface area contributed by atoms with Crippen molar-refractivity contribution < 1.29 is 37.5 Å². The lowest BCUT2D eigenvalue weighted by Gasteiger charge is -2.50. The van der Waals surface area contributed by atoms with E-state index in [0.29, 0.717) is 30.2 Å². The van der Waals surface area contributed by atoms with Gasteiger partial charge in [-0.15, -0.1) is 0 Å². The number of hydrogen-bond acceptors (Lipinski definition) is 7. The van der Waals surface area contributed by atoms with Crippen LogP contribution in [0.1, 0.15) is 47.2 Å². The molecule has 2 aliphatic rings. The molecule has 2 heterocycles. The molecule has 0 unspecified atom stereocenters. The third-order valence-corrected chi connectivity index (χ3v) is 9.94. The van der Waals surface area contributed by atoms with Crippen LogP contribution in [0.4, 0.5) is 4.39 Å². The second-order valence-corrected chi connectivity index (χ2v) is 13.6. The van der Waals surface area contributed by atoms with Crippen molar-refractivity contribution >= 4 is 11.6 Å². The van der Waals surface area contributed by atoms with Gasteiger partial charge in [-0.2, -0.15) is 0 Å². The van der Waals surface area contributed by atoms with Gasteiger partial charge >= 0.3 is 0 Å². The summed E-state index contributed by atoms with van der Waals surface area (Å²) in [5.41, 5.74) is 5.11. The molecule has 53 heavy (non-hydrogen) atoms. The van der Waals surface area contributed by atoms with Crippen LogP contribution < -0.4 is 4.74 Å². The van der Waals surface area contributed by atoms with Crippen LogP contribution in [0.2, 0.25) is 5.02 Å². The fourth-order valence-electron chi connectivity index (χ4n) is 7.10. The lowest BCUT2D eigenvalue weighted by molar-refractivity contribution is -0.397. The second-order valence-electron chi connectivity index (χ2n) is 13.2. The third kappa shape index (κ3) is 8.20. The molecule has 0 aromatic heterocycles. The minimum Gasteiger partial charge on any atom is -0.491 e. The zero-order chi connectivity index (χ0) is 36.7. The van der Waals surface area contributed by atoms with Gasteiger partial charge in [-0.1, -0.05) is 115 Å². The molecule has 5 aromatic rings. The number of hydrogen-bond donors (Lipinski definition) is 0. The van der Waals surface area contributed by atoms with E-state index in [1.54, 1.807) is 6.07 Å². The highest BCUT2D eigenvalue weighted by atomic mass is 35.5. The van der Waals surface area contributed by atoms with Crippen LogP contribution in [-0.4, -0.2) is 43.9 Å². The summed E-state index contributed by atoms with van der Waals surface area (Å²) in [5, 5.41) is 0.520. The van der Waals surface area contributed by atoms with Gasteiger partial charge in [-0.25, -0.2) is 4.39 Å². The van der Waals surface area contributed by atoms with Crippen LogP contribution in [0.3, 0.4) is 0 Å². The Hall–Kier alpha value is -4.12. The van der Waals surface area contributed by atoms with Gasteiger partial charge in [0.1, 0.15) is 24.9 Å². The van der Waals surface area contributed by atoms with Crippen LogP contribution >= 0.6 is 11.6 Å². The third-order valence-electron chi connectivity index (χ3n) is 9.57. The zero-order valence-corrected chi connectivity index (χ0v) is 30.7. The average Bonchev–Trinajstić information content (AvgIpc) is 3.53. The Balaban J connectivity index is 1.30. The van der Waals surface area contributed by atoms with Crippen LogP contribution in [0, 0.1) is 5.82 Å². The topological polar surface area (TPSA) is 64.6 Å². The molecule has 2 aliphatic heterocycles. The summed E-state index contributed by atoms with van der Waals surface area (Å²) in [4.78, 5) is 0. The molecule has 0 spiro atoms. The average molecular weight is 739 g/mol. The lowest BCUT2D eigenvalue weighted by Crippen LogP contribution is -2.67. The highest BCUT2D eigenvalue weighted by Crippen LogP contribution is 2.53. The molecular formula is C44H44ClFO7. The molecule has 2 fully saturated rings. The van der Waals surface area contributed by atoms with Gasteiger partial charge < -0.3 is 33.2 Å². The smallest absolute Gasteiger partial charge is 0.227 e. The maximum absolute atomic E-state index is 14.9. The van der Waals surface area contributed by atoms with E-state index >= 15 is 0 Å². The largest absolute Gasteiger partial charge is 0.491 e. The molecule has 0 aliphatic carbocycles. The fourth-order valence-corrected chi connectivity index (χ4v) is 7.28. The summed E-state index contributed by atoms with van der Waals surface area (Å²) in [6, 6.07) is 40.5. The second kappa shape index (κ2) is 16.9. The molecule has 276 valence electrons. The molecule has 9 heteroatoms.